The van der Waals surface area contributed by atoms with Crippen molar-refractivity contribution in [2.45, 2.75) is 19.0 Å². The Balaban J connectivity index is 1.98. The molecule has 0 spiro atoms. The van der Waals surface area contributed by atoms with Crippen molar-refractivity contribution in [1.82, 2.24) is 10.2 Å². The summed E-state index contributed by atoms with van der Waals surface area (Å²) in [5, 5.41) is 3.72. The van der Waals surface area contributed by atoms with Crippen molar-refractivity contribution in [2.75, 3.05) is 7.05 Å². The number of imide groups is 1. The third kappa shape index (κ3) is 2.74. The fourth-order valence-corrected chi connectivity index (χ4v) is 2.35. The lowest BCUT2D eigenvalue weighted by Gasteiger charge is -2.11. The Labute approximate surface area is 118 Å². The lowest BCUT2D eigenvalue weighted by molar-refractivity contribution is -0.137. The summed E-state index contributed by atoms with van der Waals surface area (Å²) in [5.74, 6) is -0.317. The van der Waals surface area contributed by atoms with E-state index in [1.165, 1.54) is 7.05 Å². The molecule has 4 nitrogen and oxygen atoms in total. The zero-order chi connectivity index (χ0) is 13.3. The van der Waals surface area contributed by atoms with Crippen LogP contribution < -0.4 is 5.32 Å². The van der Waals surface area contributed by atoms with Crippen molar-refractivity contribution in [2.24, 2.45) is 0 Å². The van der Waals surface area contributed by atoms with E-state index in [0.717, 1.165) is 14.9 Å². The molecule has 0 aromatic heterocycles. The van der Waals surface area contributed by atoms with Gasteiger partial charge in [0, 0.05) is 18.1 Å². The Kier molecular flexibility index (Phi) is 4.04. The Morgan fingerprint density at radius 1 is 1.50 bits per heavy atom. The molecular formula is C12H12BrClN2O2. The Morgan fingerprint density at radius 2 is 2.22 bits per heavy atom. The molecule has 1 aliphatic heterocycles. The minimum Gasteiger partial charge on any atom is -0.301 e. The molecule has 1 unspecified atom stereocenters. The van der Waals surface area contributed by atoms with Crippen molar-refractivity contribution in [3.05, 3.63) is 33.3 Å². The standard InChI is InChI=1S/C12H12BrClN2O2/c1-16-11(17)5-10(12(16)18)15-6-7-2-3-9(14)8(13)4-7/h2-4,10,15H,5-6H2,1H3. The van der Waals surface area contributed by atoms with E-state index in [-0.39, 0.29) is 18.2 Å². The number of likely N-dealkylation sites (N-methyl/N-ethyl adjacent to an activating group) is 1. The first-order valence-corrected chi connectivity index (χ1v) is 6.64. The van der Waals surface area contributed by atoms with Crippen LogP contribution in [0, 0.1) is 0 Å². The van der Waals surface area contributed by atoms with E-state index in [0.29, 0.717) is 11.6 Å². The number of benzene rings is 1. The van der Waals surface area contributed by atoms with Crippen LogP contribution in [0.4, 0.5) is 0 Å². The second kappa shape index (κ2) is 5.38. The number of halogens is 2. The normalized spacial score (nSPS) is 19.7. The molecule has 6 heteroatoms. The summed E-state index contributed by atoms with van der Waals surface area (Å²) in [6.45, 7) is 0.521. The maximum absolute atomic E-state index is 11.7. The van der Waals surface area contributed by atoms with E-state index in [1.54, 1.807) is 6.07 Å². The molecule has 1 aliphatic rings. The number of nitrogens with one attached hydrogen (secondary N) is 1. The van der Waals surface area contributed by atoms with Gasteiger partial charge in [-0.05, 0) is 33.6 Å². The summed E-state index contributed by atoms with van der Waals surface area (Å²) < 4.78 is 0.814. The molecule has 0 aliphatic carbocycles. The van der Waals surface area contributed by atoms with Crippen molar-refractivity contribution in [3.8, 4) is 0 Å². The molecular weight excluding hydrogens is 320 g/mol. The Hall–Kier alpha value is -0.910. The summed E-state index contributed by atoms with van der Waals surface area (Å²) in [6, 6.07) is 5.14. The van der Waals surface area contributed by atoms with Crippen LogP contribution in [0.3, 0.4) is 0 Å². The summed E-state index contributed by atoms with van der Waals surface area (Å²) in [6.07, 6.45) is 0.226. The molecule has 1 fully saturated rings. The van der Waals surface area contributed by atoms with Gasteiger partial charge in [0.1, 0.15) is 0 Å². The van der Waals surface area contributed by atoms with Crippen molar-refractivity contribution in [1.29, 1.82) is 0 Å². The van der Waals surface area contributed by atoms with Crippen LogP contribution in [0.25, 0.3) is 0 Å². The fraction of sp³-hybridized carbons (Fsp3) is 0.333. The van der Waals surface area contributed by atoms with Crippen LogP contribution in [0.1, 0.15) is 12.0 Å². The fourth-order valence-electron chi connectivity index (χ4n) is 1.81. The van der Waals surface area contributed by atoms with Gasteiger partial charge >= 0.3 is 0 Å². The number of rotatable bonds is 3. The lowest BCUT2D eigenvalue weighted by Crippen LogP contribution is -2.36. The Morgan fingerprint density at radius 3 is 2.78 bits per heavy atom. The van der Waals surface area contributed by atoms with Gasteiger partial charge in [0.25, 0.3) is 0 Å². The molecule has 0 bridgehead atoms. The summed E-state index contributed by atoms with van der Waals surface area (Å²) >= 11 is 9.24. The predicted octanol–water partition coefficient (Wildman–Crippen LogP) is 1.95. The van der Waals surface area contributed by atoms with Crippen LogP contribution in [0.15, 0.2) is 22.7 Å². The largest absolute Gasteiger partial charge is 0.301 e. The molecule has 0 saturated carbocycles. The van der Waals surface area contributed by atoms with Crippen molar-refractivity contribution >= 4 is 39.3 Å². The molecule has 0 radical (unpaired) electrons. The van der Waals surface area contributed by atoms with Gasteiger partial charge in [-0.1, -0.05) is 17.7 Å². The van der Waals surface area contributed by atoms with E-state index in [9.17, 15) is 9.59 Å². The highest BCUT2D eigenvalue weighted by molar-refractivity contribution is 9.10. The third-order valence-electron chi connectivity index (χ3n) is 2.92. The quantitative estimate of drug-likeness (QED) is 0.861. The topological polar surface area (TPSA) is 49.4 Å². The van der Waals surface area contributed by atoms with E-state index in [4.69, 9.17) is 11.6 Å². The Bertz CT molecular complexity index is 507. The highest BCUT2D eigenvalue weighted by atomic mass is 79.9. The third-order valence-corrected chi connectivity index (χ3v) is 4.13. The maximum Gasteiger partial charge on any atom is 0.246 e. The number of amides is 2. The lowest BCUT2D eigenvalue weighted by atomic mass is 10.2. The molecule has 2 amide bonds. The van der Waals surface area contributed by atoms with Gasteiger partial charge in [-0.2, -0.15) is 0 Å². The average Bonchev–Trinajstić information content (AvgIpc) is 2.58. The molecule has 1 N–H and O–H groups in total. The zero-order valence-corrected chi connectivity index (χ0v) is 12.1. The predicted molar refractivity (Wildman–Crippen MR) is 72.2 cm³/mol. The highest BCUT2D eigenvalue weighted by Crippen LogP contribution is 2.23. The van der Waals surface area contributed by atoms with Crippen molar-refractivity contribution < 1.29 is 9.59 Å². The van der Waals surface area contributed by atoms with Gasteiger partial charge in [0.15, 0.2) is 0 Å². The second-order valence-corrected chi connectivity index (χ2v) is 5.44. The van der Waals surface area contributed by atoms with Crippen LogP contribution in [-0.2, 0) is 16.1 Å². The smallest absolute Gasteiger partial charge is 0.246 e. The summed E-state index contributed by atoms with van der Waals surface area (Å²) in [5.41, 5.74) is 1.00. The number of carbonyl (C=O) groups is 2. The van der Waals surface area contributed by atoms with Crippen LogP contribution in [0.5, 0.6) is 0 Å². The maximum atomic E-state index is 11.7. The number of likely N-dealkylation sites (tertiary alicyclic amines) is 1. The minimum atomic E-state index is -0.419. The number of carbonyl (C=O) groups excluding carboxylic acids is 2. The molecule has 96 valence electrons. The SMILES string of the molecule is CN1C(=O)CC(NCc2ccc(Cl)c(Br)c2)C1=O. The van der Waals surface area contributed by atoms with E-state index < -0.39 is 6.04 Å². The highest BCUT2D eigenvalue weighted by Gasteiger charge is 2.35. The van der Waals surface area contributed by atoms with Gasteiger partial charge < -0.3 is 5.32 Å². The molecule has 1 saturated heterocycles. The first-order chi connectivity index (χ1) is 8.49. The van der Waals surface area contributed by atoms with Gasteiger partial charge in [0.05, 0.1) is 17.5 Å². The molecule has 18 heavy (non-hydrogen) atoms. The van der Waals surface area contributed by atoms with Gasteiger partial charge in [-0.25, -0.2) is 0 Å². The first-order valence-electron chi connectivity index (χ1n) is 5.46. The summed E-state index contributed by atoms with van der Waals surface area (Å²) in [7, 11) is 1.51. The zero-order valence-electron chi connectivity index (χ0n) is 9.74. The molecule has 1 aromatic rings. The van der Waals surface area contributed by atoms with E-state index in [1.807, 2.05) is 12.1 Å². The molecule has 2 rings (SSSR count). The minimum absolute atomic E-state index is 0.144. The molecule has 1 atom stereocenters. The monoisotopic (exact) mass is 330 g/mol. The summed E-state index contributed by atoms with van der Waals surface area (Å²) in [4.78, 5) is 24.2. The molecule has 1 aromatic carbocycles. The first kappa shape index (κ1) is 13.5. The van der Waals surface area contributed by atoms with Crippen LogP contribution in [0.2, 0.25) is 5.02 Å². The number of hydrogen-bond acceptors (Lipinski definition) is 3. The van der Waals surface area contributed by atoms with Gasteiger partial charge in [-0.15, -0.1) is 0 Å². The van der Waals surface area contributed by atoms with Gasteiger partial charge in [-0.3, -0.25) is 14.5 Å². The van der Waals surface area contributed by atoms with Crippen LogP contribution >= 0.6 is 27.5 Å². The number of hydrogen-bond donors (Lipinski definition) is 1. The van der Waals surface area contributed by atoms with Gasteiger partial charge in [0.2, 0.25) is 11.8 Å². The van der Waals surface area contributed by atoms with E-state index >= 15 is 0 Å². The average molecular weight is 332 g/mol. The number of nitrogens with zero attached hydrogens (tertiary/aromatic N) is 1. The second-order valence-electron chi connectivity index (χ2n) is 4.18. The van der Waals surface area contributed by atoms with Crippen molar-refractivity contribution in [3.63, 3.8) is 0 Å². The van der Waals surface area contributed by atoms with Crippen LogP contribution in [-0.4, -0.2) is 29.8 Å². The van der Waals surface area contributed by atoms with E-state index in [2.05, 4.69) is 21.2 Å². The molecule has 1 heterocycles.